The monoisotopic (exact) mass is 181 g/mol. The maximum absolute atomic E-state index is 12.8. The van der Waals surface area contributed by atoms with Crippen molar-refractivity contribution in [2.24, 2.45) is 0 Å². The first-order valence-corrected chi connectivity index (χ1v) is 3.74. The minimum absolute atomic E-state index is 0.127. The van der Waals surface area contributed by atoms with Gasteiger partial charge in [0.1, 0.15) is 5.78 Å². The molecule has 1 aromatic rings. The van der Waals surface area contributed by atoms with E-state index in [0.717, 1.165) is 0 Å². The highest BCUT2D eigenvalue weighted by Crippen LogP contribution is 2.06. The van der Waals surface area contributed by atoms with E-state index < -0.39 is 11.7 Å². The number of halogens is 1. The predicted octanol–water partition coefficient (Wildman–Crippen LogP) is 1.38. The summed E-state index contributed by atoms with van der Waals surface area (Å²) in [6.45, 7) is 1.28. The van der Waals surface area contributed by atoms with Crippen LogP contribution in [0.4, 0.5) is 4.39 Å². The highest BCUT2D eigenvalue weighted by atomic mass is 19.1. The fourth-order valence-corrected chi connectivity index (χ4v) is 0.915. The molecule has 68 valence electrons. The van der Waals surface area contributed by atoms with E-state index in [2.05, 4.69) is 4.98 Å². The molecule has 0 unspecified atom stereocenters. The van der Waals surface area contributed by atoms with Gasteiger partial charge in [-0.25, -0.2) is 4.98 Å². The number of aromatic nitrogens is 1. The Kier molecular flexibility index (Phi) is 2.84. The Labute approximate surface area is 74.6 Å². The van der Waals surface area contributed by atoms with Crippen LogP contribution in [0.15, 0.2) is 18.3 Å². The SMILES string of the molecule is CC(=O)CC(=O)c1cccnc1F. The molecule has 0 fully saturated rings. The third kappa shape index (κ3) is 2.43. The van der Waals surface area contributed by atoms with E-state index in [9.17, 15) is 14.0 Å². The van der Waals surface area contributed by atoms with Gasteiger partial charge in [0.2, 0.25) is 5.95 Å². The average Bonchev–Trinajstić information content (AvgIpc) is 2.03. The summed E-state index contributed by atoms with van der Waals surface area (Å²) in [4.78, 5) is 25.1. The standard InChI is InChI=1S/C9H8FNO2/c1-6(12)5-8(13)7-3-2-4-11-9(7)10/h2-4H,5H2,1H3. The second kappa shape index (κ2) is 3.89. The molecule has 3 nitrogen and oxygen atoms in total. The number of rotatable bonds is 3. The molecular weight excluding hydrogens is 173 g/mol. The molecule has 1 rings (SSSR count). The second-order valence-electron chi connectivity index (χ2n) is 2.64. The molecule has 4 heteroatoms. The smallest absolute Gasteiger partial charge is 0.223 e. The first kappa shape index (κ1) is 9.51. The van der Waals surface area contributed by atoms with Gasteiger partial charge < -0.3 is 0 Å². The molecule has 1 aromatic heterocycles. The molecule has 0 amide bonds. The second-order valence-corrected chi connectivity index (χ2v) is 2.64. The summed E-state index contributed by atoms with van der Waals surface area (Å²) in [5.41, 5.74) is -0.127. The molecule has 0 saturated carbocycles. The molecule has 0 atom stereocenters. The van der Waals surface area contributed by atoms with Crippen LogP contribution in [0, 0.1) is 5.95 Å². The summed E-state index contributed by atoms with van der Waals surface area (Å²) in [7, 11) is 0. The first-order chi connectivity index (χ1) is 6.11. The van der Waals surface area contributed by atoms with E-state index in [1.165, 1.54) is 25.3 Å². The number of hydrogen-bond donors (Lipinski definition) is 0. The van der Waals surface area contributed by atoms with Crippen LogP contribution in [0.3, 0.4) is 0 Å². The summed E-state index contributed by atoms with van der Waals surface area (Å²) in [6, 6.07) is 2.77. The van der Waals surface area contributed by atoms with Gasteiger partial charge in [-0.1, -0.05) is 0 Å². The van der Waals surface area contributed by atoms with E-state index in [4.69, 9.17) is 0 Å². The summed E-state index contributed by atoms with van der Waals surface area (Å²) in [5.74, 6) is -1.64. The van der Waals surface area contributed by atoms with Gasteiger partial charge in [-0.3, -0.25) is 9.59 Å². The molecule has 0 aliphatic heterocycles. The summed E-state index contributed by atoms with van der Waals surface area (Å²) < 4.78 is 12.8. The Morgan fingerprint density at radius 3 is 2.77 bits per heavy atom. The zero-order valence-corrected chi connectivity index (χ0v) is 7.08. The maximum Gasteiger partial charge on any atom is 0.223 e. The van der Waals surface area contributed by atoms with Gasteiger partial charge in [0.05, 0.1) is 12.0 Å². The van der Waals surface area contributed by atoms with Gasteiger partial charge in [0.25, 0.3) is 0 Å². The molecule has 13 heavy (non-hydrogen) atoms. The molecule has 0 N–H and O–H groups in total. The van der Waals surface area contributed by atoms with Crippen molar-refractivity contribution in [2.45, 2.75) is 13.3 Å². The van der Waals surface area contributed by atoms with Crippen molar-refractivity contribution in [1.82, 2.24) is 4.98 Å². The van der Waals surface area contributed by atoms with Crippen LogP contribution in [-0.2, 0) is 4.79 Å². The number of carbonyl (C=O) groups excluding carboxylic acids is 2. The summed E-state index contributed by atoms with van der Waals surface area (Å²) in [6.07, 6.45) is 0.975. The van der Waals surface area contributed by atoms with Crippen LogP contribution in [0.2, 0.25) is 0 Å². The Balaban J connectivity index is 2.89. The van der Waals surface area contributed by atoms with Gasteiger partial charge in [-0.15, -0.1) is 0 Å². The van der Waals surface area contributed by atoms with Crippen LogP contribution < -0.4 is 0 Å². The van der Waals surface area contributed by atoms with Crippen molar-refractivity contribution in [2.75, 3.05) is 0 Å². The van der Waals surface area contributed by atoms with Crippen molar-refractivity contribution in [1.29, 1.82) is 0 Å². The van der Waals surface area contributed by atoms with Crippen LogP contribution in [0.5, 0.6) is 0 Å². The van der Waals surface area contributed by atoms with E-state index in [0.29, 0.717) is 0 Å². The van der Waals surface area contributed by atoms with E-state index in [1.54, 1.807) is 0 Å². The maximum atomic E-state index is 12.8. The van der Waals surface area contributed by atoms with Crippen LogP contribution in [-0.4, -0.2) is 16.6 Å². The molecule has 0 aromatic carbocycles. The lowest BCUT2D eigenvalue weighted by atomic mass is 10.1. The summed E-state index contributed by atoms with van der Waals surface area (Å²) >= 11 is 0. The molecule has 0 bridgehead atoms. The Morgan fingerprint density at radius 2 is 2.23 bits per heavy atom. The van der Waals surface area contributed by atoms with Gasteiger partial charge in [0.15, 0.2) is 5.78 Å². The molecule has 0 aliphatic carbocycles. The highest BCUT2D eigenvalue weighted by molar-refractivity contribution is 6.07. The molecular formula is C9H8FNO2. The minimum atomic E-state index is -0.825. The zero-order chi connectivity index (χ0) is 9.84. The van der Waals surface area contributed by atoms with Crippen molar-refractivity contribution in [3.63, 3.8) is 0 Å². The van der Waals surface area contributed by atoms with Crippen molar-refractivity contribution >= 4 is 11.6 Å². The topological polar surface area (TPSA) is 47.0 Å². The lowest BCUT2D eigenvalue weighted by molar-refractivity contribution is -0.116. The molecule has 0 saturated heterocycles. The van der Waals surface area contributed by atoms with Crippen molar-refractivity contribution in [3.05, 3.63) is 29.8 Å². The number of pyridine rings is 1. The zero-order valence-electron chi connectivity index (χ0n) is 7.08. The third-order valence-corrected chi connectivity index (χ3v) is 1.47. The summed E-state index contributed by atoms with van der Waals surface area (Å²) in [5, 5.41) is 0. The molecule has 0 radical (unpaired) electrons. The average molecular weight is 181 g/mol. The third-order valence-electron chi connectivity index (χ3n) is 1.47. The largest absolute Gasteiger partial charge is 0.300 e. The van der Waals surface area contributed by atoms with E-state index in [1.807, 2.05) is 0 Å². The quantitative estimate of drug-likeness (QED) is 0.402. The van der Waals surface area contributed by atoms with Crippen molar-refractivity contribution in [3.8, 4) is 0 Å². The van der Waals surface area contributed by atoms with Crippen LogP contribution in [0.25, 0.3) is 0 Å². The number of ketones is 2. The normalized spacial score (nSPS) is 9.69. The number of hydrogen-bond acceptors (Lipinski definition) is 3. The highest BCUT2D eigenvalue weighted by Gasteiger charge is 2.13. The van der Waals surface area contributed by atoms with E-state index >= 15 is 0 Å². The Hall–Kier alpha value is -1.58. The predicted molar refractivity (Wildman–Crippen MR) is 43.8 cm³/mol. The van der Waals surface area contributed by atoms with Crippen LogP contribution in [0.1, 0.15) is 23.7 Å². The minimum Gasteiger partial charge on any atom is -0.300 e. The van der Waals surface area contributed by atoms with Crippen LogP contribution >= 0.6 is 0 Å². The number of carbonyl (C=O) groups is 2. The first-order valence-electron chi connectivity index (χ1n) is 3.74. The molecule has 0 aliphatic rings. The fourth-order valence-electron chi connectivity index (χ4n) is 0.915. The lowest BCUT2D eigenvalue weighted by Gasteiger charge is -1.97. The molecule has 1 heterocycles. The Morgan fingerprint density at radius 1 is 1.54 bits per heavy atom. The van der Waals surface area contributed by atoms with E-state index in [-0.39, 0.29) is 17.8 Å². The van der Waals surface area contributed by atoms with Crippen molar-refractivity contribution < 1.29 is 14.0 Å². The van der Waals surface area contributed by atoms with Gasteiger partial charge in [0, 0.05) is 6.20 Å². The molecule has 0 spiro atoms. The number of Topliss-reactive ketones (excluding diaryl/α,β-unsaturated/α-hetero) is 2. The fraction of sp³-hybridized carbons (Fsp3) is 0.222. The van der Waals surface area contributed by atoms with Gasteiger partial charge in [-0.05, 0) is 19.1 Å². The van der Waals surface area contributed by atoms with Gasteiger partial charge in [-0.2, -0.15) is 4.39 Å². The lowest BCUT2D eigenvalue weighted by Crippen LogP contribution is -2.07. The number of nitrogens with zero attached hydrogens (tertiary/aromatic N) is 1. The Bertz CT molecular complexity index is 349. The van der Waals surface area contributed by atoms with Gasteiger partial charge >= 0.3 is 0 Å².